The van der Waals surface area contributed by atoms with E-state index in [1.807, 2.05) is 25.1 Å². The van der Waals surface area contributed by atoms with Gasteiger partial charge in [-0.25, -0.2) is 0 Å². The number of hydrogen-bond donors (Lipinski definition) is 2. The zero-order valence-electron chi connectivity index (χ0n) is 12.2. The lowest BCUT2D eigenvalue weighted by Gasteiger charge is -2.29. The number of anilines is 1. The van der Waals surface area contributed by atoms with Crippen molar-refractivity contribution >= 4 is 23.2 Å². The van der Waals surface area contributed by atoms with Gasteiger partial charge in [0.15, 0.2) is 0 Å². The average molecular weight is 295 g/mol. The van der Waals surface area contributed by atoms with Gasteiger partial charge in [-0.05, 0) is 43.4 Å². The van der Waals surface area contributed by atoms with Crippen LogP contribution in [-0.4, -0.2) is 18.5 Å². The Morgan fingerprint density at radius 1 is 1.35 bits per heavy atom. The molecule has 0 heterocycles. The summed E-state index contributed by atoms with van der Waals surface area (Å²) in [7, 11) is 0. The summed E-state index contributed by atoms with van der Waals surface area (Å²) < 4.78 is 0. The standard InChI is InChI=1S/C16H23ClN2O/c1-11-7-8-15(13(17)9-11)18-10-16(20)19-14-6-4-3-5-12(14)2/h7-9,12,14,18H,3-6,10H2,1-2H3,(H,19,20). The van der Waals surface area contributed by atoms with Gasteiger partial charge in [0.1, 0.15) is 0 Å². The SMILES string of the molecule is Cc1ccc(NCC(=O)NC2CCCCC2C)c(Cl)c1. The molecular formula is C16H23ClN2O. The maximum absolute atomic E-state index is 12.0. The van der Waals surface area contributed by atoms with Gasteiger partial charge in [0.25, 0.3) is 0 Å². The molecule has 3 nitrogen and oxygen atoms in total. The second-order valence-electron chi connectivity index (χ2n) is 5.77. The minimum Gasteiger partial charge on any atom is -0.375 e. The molecule has 20 heavy (non-hydrogen) atoms. The van der Waals surface area contributed by atoms with E-state index in [0.29, 0.717) is 17.0 Å². The van der Waals surface area contributed by atoms with Crippen LogP contribution in [0.4, 0.5) is 5.69 Å². The molecule has 1 aromatic rings. The van der Waals surface area contributed by atoms with E-state index in [0.717, 1.165) is 17.7 Å². The van der Waals surface area contributed by atoms with Gasteiger partial charge >= 0.3 is 0 Å². The van der Waals surface area contributed by atoms with Crippen molar-refractivity contribution in [2.24, 2.45) is 5.92 Å². The fraction of sp³-hybridized carbons (Fsp3) is 0.562. The molecule has 0 saturated heterocycles. The molecule has 0 spiro atoms. The molecular weight excluding hydrogens is 272 g/mol. The summed E-state index contributed by atoms with van der Waals surface area (Å²) in [4.78, 5) is 12.0. The molecule has 2 unspecified atom stereocenters. The van der Waals surface area contributed by atoms with Crippen LogP contribution in [0, 0.1) is 12.8 Å². The highest BCUT2D eigenvalue weighted by Gasteiger charge is 2.22. The monoisotopic (exact) mass is 294 g/mol. The number of carbonyl (C=O) groups excluding carboxylic acids is 1. The highest BCUT2D eigenvalue weighted by molar-refractivity contribution is 6.33. The molecule has 0 aliphatic heterocycles. The summed E-state index contributed by atoms with van der Waals surface area (Å²) in [5.74, 6) is 0.621. The second kappa shape index (κ2) is 6.98. The molecule has 110 valence electrons. The number of halogens is 1. The molecule has 1 amide bonds. The Morgan fingerprint density at radius 3 is 2.80 bits per heavy atom. The number of amides is 1. The van der Waals surface area contributed by atoms with Gasteiger partial charge in [-0.15, -0.1) is 0 Å². The van der Waals surface area contributed by atoms with E-state index in [2.05, 4.69) is 17.6 Å². The molecule has 1 saturated carbocycles. The Balaban J connectivity index is 1.82. The zero-order valence-corrected chi connectivity index (χ0v) is 13.0. The van der Waals surface area contributed by atoms with Gasteiger partial charge in [-0.2, -0.15) is 0 Å². The minimum absolute atomic E-state index is 0.0420. The molecule has 1 aromatic carbocycles. The van der Waals surface area contributed by atoms with Crippen LogP contribution in [0.3, 0.4) is 0 Å². The lowest BCUT2D eigenvalue weighted by molar-refractivity contribution is -0.120. The van der Waals surface area contributed by atoms with Gasteiger partial charge in [0.2, 0.25) is 5.91 Å². The Kier molecular flexibility index (Phi) is 5.30. The van der Waals surface area contributed by atoms with Crippen molar-refractivity contribution in [2.75, 3.05) is 11.9 Å². The molecule has 1 fully saturated rings. The fourth-order valence-corrected chi connectivity index (χ4v) is 3.03. The van der Waals surface area contributed by atoms with Crippen molar-refractivity contribution in [3.05, 3.63) is 28.8 Å². The number of aryl methyl sites for hydroxylation is 1. The molecule has 0 radical (unpaired) electrons. The summed E-state index contributed by atoms with van der Waals surface area (Å²) in [6.45, 7) is 4.48. The first-order chi connectivity index (χ1) is 9.56. The predicted octanol–water partition coefficient (Wildman–Crippen LogP) is 3.76. The van der Waals surface area contributed by atoms with Crippen LogP contribution >= 0.6 is 11.6 Å². The molecule has 0 bridgehead atoms. The Bertz CT molecular complexity index is 476. The number of carbonyl (C=O) groups is 1. The van der Waals surface area contributed by atoms with Crippen molar-refractivity contribution in [2.45, 2.75) is 45.6 Å². The van der Waals surface area contributed by atoms with E-state index < -0.39 is 0 Å². The first-order valence-electron chi connectivity index (χ1n) is 7.35. The average Bonchev–Trinajstić information content (AvgIpc) is 2.40. The molecule has 2 atom stereocenters. The van der Waals surface area contributed by atoms with Crippen molar-refractivity contribution in [3.8, 4) is 0 Å². The number of rotatable bonds is 4. The molecule has 2 rings (SSSR count). The van der Waals surface area contributed by atoms with Gasteiger partial charge in [0.05, 0.1) is 17.3 Å². The molecule has 4 heteroatoms. The maximum Gasteiger partial charge on any atom is 0.239 e. The van der Waals surface area contributed by atoms with E-state index >= 15 is 0 Å². The summed E-state index contributed by atoms with van der Waals surface area (Å²) in [6, 6.07) is 6.11. The third-order valence-corrected chi connectivity index (χ3v) is 4.33. The van der Waals surface area contributed by atoms with Crippen LogP contribution in [0.5, 0.6) is 0 Å². The number of hydrogen-bond acceptors (Lipinski definition) is 2. The summed E-state index contributed by atoms with van der Waals surface area (Å²) in [6.07, 6.45) is 4.80. The van der Waals surface area contributed by atoms with Gasteiger partial charge in [-0.1, -0.05) is 37.4 Å². The van der Waals surface area contributed by atoms with Gasteiger partial charge in [0, 0.05) is 6.04 Å². The molecule has 2 N–H and O–H groups in total. The van der Waals surface area contributed by atoms with Gasteiger partial charge < -0.3 is 10.6 Å². The van der Waals surface area contributed by atoms with Crippen molar-refractivity contribution in [1.82, 2.24) is 5.32 Å². The topological polar surface area (TPSA) is 41.1 Å². The van der Waals surface area contributed by atoms with Crippen molar-refractivity contribution in [3.63, 3.8) is 0 Å². The predicted molar refractivity (Wildman–Crippen MR) is 84.2 cm³/mol. The minimum atomic E-state index is 0.0420. The highest BCUT2D eigenvalue weighted by atomic mass is 35.5. The van der Waals surface area contributed by atoms with Crippen LogP contribution in [0.15, 0.2) is 18.2 Å². The second-order valence-corrected chi connectivity index (χ2v) is 6.18. The van der Waals surface area contributed by atoms with E-state index in [9.17, 15) is 4.79 Å². The first-order valence-corrected chi connectivity index (χ1v) is 7.73. The van der Waals surface area contributed by atoms with Crippen LogP contribution in [0.25, 0.3) is 0 Å². The fourth-order valence-electron chi connectivity index (χ4n) is 2.73. The summed E-state index contributed by atoms with van der Waals surface area (Å²) in [5.41, 5.74) is 1.92. The van der Waals surface area contributed by atoms with Crippen LogP contribution in [0.1, 0.15) is 38.2 Å². The third kappa shape index (κ3) is 4.14. The lowest BCUT2D eigenvalue weighted by Crippen LogP contribution is -2.43. The first kappa shape index (κ1) is 15.2. The molecule has 1 aliphatic carbocycles. The Morgan fingerprint density at radius 2 is 2.10 bits per heavy atom. The molecule has 1 aliphatic rings. The maximum atomic E-state index is 12.0. The third-order valence-electron chi connectivity index (χ3n) is 4.02. The van der Waals surface area contributed by atoms with Crippen LogP contribution in [-0.2, 0) is 4.79 Å². The highest BCUT2D eigenvalue weighted by Crippen LogP contribution is 2.24. The van der Waals surface area contributed by atoms with E-state index in [4.69, 9.17) is 11.6 Å². The quantitative estimate of drug-likeness (QED) is 0.888. The Hall–Kier alpha value is -1.22. The van der Waals surface area contributed by atoms with Crippen molar-refractivity contribution < 1.29 is 4.79 Å². The van der Waals surface area contributed by atoms with E-state index in [-0.39, 0.29) is 12.5 Å². The smallest absolute Gasteiger partial charge is 0.239 e. The lowest BCUT2D eigenvalue weighted by atomic mass is 9.86. The zero-order chi connectivity index (χ0) is 14.5. The van der Waals surface area contributed by atoms with Crippen molar-refractivity contribution in [1.29, 1.82) is 0 Å². The Labute approximate surface area is 126 Å². The molecule has 0 aromatic heterocycles. The summed E-state index contributed by atoms with van der Waals surface area (Å²) >= 11 is 6.13. The largest absolute Gasteiger partial charge is 0.375 e. The van der Waals surface area contributed by atoms with Gasteiger partial charge in [-0.3, -0.25) is 4.79 Å². The normalized spacial score (nSPS) is 22.4. The number of nitrogens with one attached hydrogen (secondary N) is 2. The van der Waals surface area contributed by atoms with E-state index in [1.54, 1.807) is 0 Å². The number of benzene rings is 1. The van der Waals surface area contributed by atoms with E-state index in [1.165, 1.54) is 19.3 Å². The van der Waals surface area contributed by atoms with Crippen LogP contribution in [0.2, 0.25) is 5.02 Å². The summed E-state index contributed by atoms with van der Waals surface area (Å²) in [5, 5.41) is 6.88. The van der Waals surface area contributed by atoms with Crippen LogP contribution < -0.4 is 10.6 Å².